The molecule has 0 unspecified atom stereocenters. The number of nitrogens with zero attached hydrogens (tertiary/aromatic N) is 4. The van der Waals surface area contributed by atoms with E-state index in [1.807, 2.05) is 0 Å². The molecule has 210 valence electrons. The lowest BCUT2D eigenvalue weighted by Gasteiger charge is -2.13. The van der Waals surface area contributed by atoms with Gasteiger partial charge >= 0.3 is 35.1 Å². The van der Waals surface area contributed by atoms with Crippen molar-refractivity contribution in [2.45, 2.75) is 12.4 Å². The first kappa shape index (κ1) is 29.0. The number of alkyl halides is 6. The Morgan fingerprint density at radius 3 is 1.02 bits per heavy atom. The lowest BCUT2D eigenvalue weighted by atomic mass is 10.1. The Morgan fingerprint density at radius 2 is 0.800 bits per heavy atom. The van der Waals surface area contributed by atoms with Gasteiger partial charge in [0.2, 0.25) is 0 Å². The van der Waals surface area contributed by atoms with Crippen LogP contribution < -0.4 is 9.47 Å². The highest BCUT2D eigenvalue weighted by Crippen LogP contribution is 2.47. The van der Waals surface area contributed by atoms with Gasteiger partial charge in [0.05, 0.1) is 30.8 Å². The molecule has 0 saturated carbocycles. The molecule has 0 saturated heterocycles. The Bertz CT molecular complexity index is 1380. The quantitative estimate of drug-likeness (QED) is 0.154. The molecule has 0 heterocycles. The Labute approximate surface area is 214 Å². The van der Waals surface area contributed by atoms with E-state index in [9.17, 15) is 66.8 Å². The number of nitro benzene ring substituents is 4. The summed E-state index contributed by atoms with van der Waals surface area (Å²) < 4.78 is 88.8. The highest BCUT2D eigenvalue weighted by Gasteiger charge is 2.40. The second-order valence-electron chi connectivity index (χ2n) is 7.39. The standard InChI is InChI=1S/C20H8F6N4O10/c21-19(22,23)9-4-13(27(31)32)17(14(5-9)28(33)34)39-11-2-1-3-12(8-11)40-18-15(29(35)36)6-10(20(24,25)26)7-16(18)30(37)38/h1-8H. The van der Waals surface area contributed by atoms with Crippen molar-refractivity contribution in [2.24, 2.45) is 0 Å². The molecular formula is C20H8F6N4O10. The normalized spacial score (nSPS) is 11.6. The smallest absolute Gasteiger partial charge is 0.416 e. The van der Waals surface area contributed by atoms with Crippen LogP contribution >= 0.6 is 0 Å². The predicted octanol–water partition coefficient (Wildman–Crippen LogP) is 6.94. The molecule has 20 heteroatoms. The number of nitro groups is 4. The molecule has 0 aliphatic heterocycles. The zero-order valence-electron chi connectivity index (χ0n) is 18.8. The van der Waals surface area contributed by atoms with Crippen molar-refractivity contribution in [2.75, 3.05) is 0 Å². The monoisotopic (exact) mass is 578 g/mol. The topological polar surface area (TPSA) is 191 Å². The van der Waals surface area contributed by atoms with Crippen LogP contribution in [0.1, 0.15) is 11.1 Å². The van der Waals surface area contributed by atoms with Gasteiger partial charge in [-0.3, -0.25) is 40.5 Å². The summed E-state index contributed by atoms with van der Waals surface area (Å²) >= 11 is 0. The largest absolute Gasteiger partial charge is 0.444 e. The molecule has 0 bridgehead atoms. The summed E-state index contributed by atoms with van der Waals surface area (Å²) in [6.45, 7) is 0. The SMILES string of the molecule is O=[N+]([O-])c1cc(C(F)(F)F)cc([N+](=O)[O-])c1Oc1cccc(Oc2c([N+](=O)[O-])cc(C(F)(F)F)cc2[N+](=O)[O-])c1. The third-order valence-electron chi connectivity index (χ3n) is 4.79. The highest BCUT2D eigenvalue weighted by atomic mass is 19.4. The van der Waals surface area contributed by atoms with Crippen molar-refractivity contribution in [1.82, 2.24) is 0 Å². The molecule has 3 rings (SSSR count). The average Bonchev–Trinajstić information content (AvgIpc) is 2.82. The van der Waals surface area contributed by atoms with E-state index in [0.29, 0.717) is 6.07 Å². The van der Waals surface area contributed by atoms with E-state index >= 15 is 0 Å². The fourth-order valence-electron chi connectivity index (χ4n) is 3.11. The van der Waals surface area contributed by atoms with Gasteiger partial charge in [-0.1, -0.05) is 6.07 Å². The number of hydrogen-bond donors (Lipinski definition) is 0. The van der Waals surface area contributed by atoms with E-state index in [4.69, 9.17) is 9.47 Å². The number of ether oxygens (including phenoxy) is 2. The first-order chi connectivity index (χ1) is 18.4. The van der Waals surface area contributed by atoms with Crippen molar-refractivity contribution < 1.29 is 55.5 Å². The zero-order valence-corrected chi connectivity index (χ0v) is 18.8. The van der Waals surface area contributed by atoms with Gasteiger partial charge in [0, 0.05) is 30.3 Å². The lowest BCUT2D eigenvalue weighted by Crippen LogP contribution is -2.08. The molecular weight excluding hydrogens is 570 g/mol. The van der Waals surface area contributed by atoms with Crippen LogP contribution in [-0.4, -0.2) is 19.7 Å². The van der Waals surface area contributed by atoms with E-state index in [1.54, 1.807) is 0 Å². The number of rotatable bonds is 8. The summed E-state index contributed by atoms with van der Waals surface area (Å²) in [7, 11) is 0. The van der Waals surface area contributed by atoms with Gasteiger partial charge in [-0.25, -0.2) is 0 Å². The molecule has 0 aliphatic rings. The number of hydrogen-bond acceptors (Lipinski definition) is 10. The second kappa shape index (κ2) is 10.3. The highest BCUT2D eigenvalue weighted by molar-refractivity contribution is 5.65. The minimum Gasteiger partial charge on any atom is -0.444 e. The van der Waals surface area contributed by atoms with Crippen LogP contribution in [0.5, 0.6) is 23.0 Å². The first-order valence-corrected chi connectivity index (χ1v) is 9.94. The van der Waals surface area contributed by atoms with E-state index in [2.05, 4.69) is 0 Å². The predicted molar refractivity (Wildman–Crippen MR) is 116 cm³/mol. The molecule has 0 spiro atoms. The van der Waals surface area contributed by atoms with Gasteiger partial charge in [0.25, 0.3) is 11.5 Å². The van der Waals surface area contributed by atoms with Crippen molar-refractivity contribution in [1.29, 1.82) is 0 Å². The lowest BCUT2D eigenvalue weighted by molar-refractivity contribution is -0.396. The molecule has 0 aromatic heterocycles. The minimum atomic E-state index is -5.22. The van der Waals surface area contributed by atoms with Crippen LogP contribution in [0.2, 0.25) is 0 Å². The summed E-state index contributed by atoms with van der Waals surface area (Å²) in [5, 5.41) is 45.5. The molecule has 14 nitrogen and oxygen atoms in total. The fourth-order valence-corrected chi connectivity index (χ4v) is 3.11. The molecule has 0 radical (unpaired) electrons. The maximum Gasteiger partial charge on any atom is 0.416 e. The fraction of sp³-hybridized carbons (Fsp3) is 0.100. The summed E-state index contributed by atoms with van der Waals surface area (Å²) in [6, 6.07) is 3.48. The summed E-state index contributed by atoms with van der Waals surface area (Å²) in [5.41, 5.74) is -9.36. The Morgan fingerprint density at radius 1 is 0.525 bits per heavy atom. The maximum absolute atomic E-state index is 13.1. The van der Waals surface area contributed by atoms with Gasteiger partial charge in [0.15, 0.2) is 0 Å². The van der Waals surface area contributed by atoms with Crippen LogP contribution in [-0.2, 0) is 12.4 Å². The van der Waals surface area contributed by atoms with E-state index in [-0.39, 0.29) is 24.3 Å². The van der Waals surface area contributed by atoms with Crippen molar-refractivity contribution in [3.63, 3.8) is 0 Å². The van der Waals surface area contributed by atoms with Gasteiger partial charge in [-0.15, -0.1) is 0 Å². The van der Waals surface area contributed by atoms with Crippen molar-refractivity contribution >= 4 is 22.7 Å². The van der Waals surface area contributed by atoms with Crippen LogP contribution in [0.3, 0.4) is 0 Å². The van der Waals surface area contributed by atoms with Crippen LogP contribution in [0.25, 0.3) is 0 Å². The molecule has 3 aromatic rings. The summed E-state index contributed by atoms with van der Waals surface area (Å²) in [6.07, 6.45) is -10.4. The Balaban J connectivity index is 2.13. The molecule has 3 aromatic carbocycles. The summed E-state index contributed by atoms with van der Waals surface area (Å²) in [4.78, 5) is 39.9. The molecule has 0 N–H and O–H groups in total. The average molecular weight is 578 g/mol. The Hall–Kier alpha value is -5.56. The first-order valence-electron chi connectivity index (χ1n) is 9.94. The van der Waals surface area contributed by atoms with E-state index in [1.165, 1.54) is 0 Å². The van der Waals surface area contributed by atoms with Gasteiger partial charge < -0.3 is 9.47 Å². The van der Waals surface area contributed by atoms with E-state index in [0.717, 1.165) is 18.2 Å². The zero-order chi connectivity index (χ0) is 30.2. The van der Waals surface area contributed by atoms with Crippen LogP contribution in [0, 0.1) is 40.5 Å². The van der Waals surface area contributed by atoms with Crippen LogP contribution in [0.15, 0.2) is 48.5 Å². The third kappa shape index (κ3) is 6.11. The van der Waals surface area contributed by atoms with Gasteiger partial charge in [-0.05, 0) is 12.1 Å². The molecule has 0 atom stereocenters. The van der Waals surface area contributed by atoms with Crippen molar-refractivity contribution in [3.05, 3.63) is 100 Å². The number of halogens is 6. The second-order valence-corrected chi connectivity index (χ2v) is 7.39. The van der Waals surface area contributed by atoms with Crippen LogP contribution in [0.4, 0.5) is 49.1 Å². The molecule has 40 heavy (non-hydrogen) atoms. The Kier molecular flexibility index (Phi) is 7.47. The van der Waals surface area contributed by atoms with Crippen molar-refractivity contribution in [3.8, 4) is 23.0 Å². The summed E-state index contributed by atoms with van der Waals surface area (Å²) in [5.74, 6) is -3.74. The van der Waals surface area contributed by atoms with Gasteiger partial charge in [-0.2, -0.15) is 26.3 Å². The molecule has 0 fully saturated rings. The molecule has 0 aliphatic carbocycles. The third-order valence-corrected chi connectivity index (χ3v) is 4.79. The number of benzene rings is 3. The molecule has 0 amide bonds. The van der Waals surface area contributed by atoms with E-state index < -0.39 is 88.9 Å². The van der Waals surface area contributed by atoms with Gasteiger partial charge in [0.1, 0.15) is 11.5 Å². The maximum atomic E-state index is 13.1. The minimum absolute atomic E-state index is 0.0301.